The monoisotopic (exact) mass is 369 g/mol. The molecule has 1 fully saturated rings. The first-order valence-corrected chi connectivity index (χ1v) is 9.48. The van der Waals surface area contributed by atoms with Gasteiger partial charge in [0.2, 0.25) is 0 Å². The third-order valence-electron chi connectivity index (χ3n) is 4.13. The summed E-state index contributed by atoms with van der Waals surface area (Å²) in [6.07, 6.45) is 4.85. The first-order chi connectivity index (χ1) is 12.5. The van der Waals surface area contributed by atoms with Crippen LogP contribution < -0.4 is 5.32 Å². The molecule has 0 amide bonds. The van der Waals surface area contributed by atoms with Crippen LogP contribution in [0, 0.1) is 5.92 Å². The zero-order chi connectivity index (χ0) is 19.4. The molecule has 0 unspecified atom stereocenters. The Morgan fingerprint density at radius 3 is 2.54 bits per heavy atom. The van der Waals surface area contributed by atoms with Gasteiger partial charge in [-0.2, -0.15) is 0 Å². The van der Waals surface area contributed by atoms with Crippen LogP contribution in [-0.4, -0.2) is 45.7 Å². The predicted molar refractivity (Wildman–Crippen MR) is 101 cm³/mol. The van der Waals surface area contributed by atoms with Crippen molar-refractivity contribution in [2.24, 2.45) is 5.92 Å². The van der Waals surface area contributed by atoms with Gasteiger partial charge in [-0.1, -0.05) is 26.3 Å². The van der Waals surface area contributed by atoms with Crippen molar-refractivity contribution in [1.82, 2.24) is 5.32 Å². The molecule has 0 spiro atoms. The molecule has 0 radical (unpaired) electrons. The summed E-state index contributed by atoms with van der Waals surface area (Å²) in [4.78, 5) is 12.1. The lowest BCUT2D eigenvalue weighted by molar-refractivity contribution is -0.145. The Morgan fingerprint density at radius 2 is 1.96 bits per heavy atom. The third kappa shape index (κ3) is 9.25. The Kier molecular flexibility index (Phi) is 11.1. The summed E-state index contributed by atoms with van der Waals surface area (Å²) in [6.45, 7) is 10.3. The lowest BCUT2D eigenvalue weighted by Crippen LogP contribution is -2.34. The molecule has 1 aliphatic rings. The van der Waals surface area contributed by atoms with Crippen LogP contribution >= 0.6 is 0 Å². The van der Waals surface area contributed by atoms with Crippen molar-refractivity contribution in [3.63, 3.8) is 0 Å². The number of ether oxygens (including phenoxy) is 4. The van der Waals surface area contributed by atoms with Crippen LogP contribution in [0.2, 0.25) is 0 Å². The lowest BCUT2D eigenvalue weighted by atomic mass is 10.1. The van der Waals surface area contributed by atoms with E-state index < -0.39 is 0 Å². The molecule has 0 aromatic heterocycles. The maximum Gasteiger partial charge on any atom is 0.313 e. The Balaban J connectivity index is 2.85. The molecular weight excluding hydrogens is 334 g/mol. The minimum absolute atomic E-state index is 0.0893. The number of carbonyl (C=O) groups excluding carboxylic acids is 1. The van der Waals surface area contributed by atoms with Crippen molar-refractivity contribution in [2.45, 2.75) is 59.4 Å². The number of carbonyl (C=O) groups is 1. The minimum Gasteiger partial charge on any atom is -0.471 e. The molecule has 6 heteroatoms. The summed E-state index contributed by atoms with van der Waals surface area (Å²) in [6, 6.07) is 0.369. The van der Waals surface area contributed by atoms with Crippen molar-refractivity contribution in [3.8, 4) is 0 Å². The molecule has 0 aromatic carbocycles. The number of allylic oxidation sites excluding steroid dienone is 2. The van der Waals surface area contributed by atoms with Crippen LogP contribution in [0.15, 0.2) is 23.1 Å². The third-order valence-corrected chi connectivity index (χ3v) is 4.13. The topological polar surface area (TPSA) is 66.0 Å². The van der Waals surface area contributed by atoms with Gasteiger partial charge in [-0.15, -0.1) is 0 Å². The molecular formula is C20H35NO5. The first kappa shape index (κ1) is 22.5. The van der Waals surface area contributed by atoms with E-state index in [4.69, 9.17) is 18.9 Å². The molecule has 150 valence electrons. The van der Waals surface area contributed by atoms with Gasteiger partial charge >= 0.3 is 5.97 Å². The molecule has 1 N–H and O–H groups in total. The highest BCUT2D eigenvalue weighted by Gasteiger charge is 2.16. The largest absolute Gasteiger partial charge is 0.471 e. The highest BCUT2D eigenvalue weighted by Crippen LogP contribution is 2.17. The van der Waals surface area contributed by atoms with Crippen molar-refractivity contribution >= 4 is 5.97 Å². The lowest BCUT2D eigenvalue weighted by Gasteiger charge is -2.26. The van der Waals surface area contributed by atoms with Crippen LogP contribution in [0.4, 0.5) is 0 Å². The first-order valence-electron chi connectivity index (χ1n) is 9.48. The number of hydrogen-bond acceptors (Lipinski definition) is 6. The van der Waals surface area contributed by atoms with E-state index in [0.717, 1.165) is 38.2 Å². The quantitative estimate of drug-likeness (QED) is 0.260. The Labute approximate surface area is 157 Å². The van der Waals surface area contributed by atoms with E-state index in [1.165, 1.54) is 5.57 Å². The second kappa shape index (κ2) is 12.8. The molecule has 1 saturated heterocycles. The summed E-state index contributed by atoms with van der Waals surface area (Å²) in [5, 5.41) is 3.59. The van der Waals surface area contributed by atoms with Gasteiger partial charge in [0.05, 0.1) is 6.61 Å². The number of methoxy groups -OCH3 is 1. The molecule has 1 rings (SSSR count). The molecule has 0 bridgehead atoms. The SMILES string of the molecule is CC/C(C)=C(\C=C(\CC(=O)OCC(C)C)OCOC)NC1CCOCC1. The zero-order valence-electron chi connectivity index (χ0n) is 16.9. The van der Waals surface area contributed by atoms with E-state index in [-0.39, 0.29) is 19.2 Å². The van der Waals surface area contributed by atoms with Gasteiger partial charge in [0.15, 0.2) is 6.79 Å². The van der Waals surface area contributed by atoms with Gasteiger partial charge in [-0.3, -0.25) is 4.79 Å². The van der Waals surface area contributed by atoms with Crippen LogP contribution in [0.3, 0.4) is 0 Å². The average molecular weight is 370 g/mol. The number of rotatable bonds is 11. The second-order valence-electron chi connectivity index (χ2n) is 6.99. The molecule has 0 aromatic rings. The van der Waals surface area contributed by atoms with Crippen LogP contribution in [0.1, 0.15) is 53.4 Å². The van der Waals surface area contributed by atoms with Gasteiger partial charge in [0.25, 0.3) is 0 Å². The van der Waals surface area contributed by atoms with Gasteiger partial charge in [-0.05, 0) is 38.2 Å². The number of esters is 1. The van der Waals surface area contributed by atoms with E-state index in [2.05, 4.69) is 19.2 Å². The van der Waals surface area contributed by atoms with Crippen LogP contribution in [-0.2, 0) is 23.7 Å². The highest BCUT2D eigenvalue weighted by atomic mass is 16.7. The normalized spacial score (nSPS) is 17.1. The van der Waals surface area contributed by atoms with Crippen molar-refractivity contribution in [1.29, 1.82) is 0 Å². The van der Waals surface area contributed by atoms with Crippen molar-refractivity contribution in [3.05, 3.63) is 23.1 Å². The maximum absolute atomic E-state index is 12.1. The van der Waals surface area contributed by atoms with E-state index in [1.54, 1.807) is 7.11 Å². The van der Waals surface area contributed by atoms with Gasteiger partial charge < -0.3 is 24.3 Å². The Bertz CT molecular complexity index is 479. The molecule has 1 aliphatic heterocycles. The average Bonchev–Trinajstić information content (AvgIpc) is 2.64. The van der Waals surface area contributed by atoms with Gasteiger partial charge in [-0.25, -0.2) is 0 Å². The summed E-state index contributed by atoms with van der Waals surface area (Å²) in [5.74, 6) is 0.558. The molecule has 0 saturated carbocycles. The Morgan fingerprint density at radius 1 is 1.27 bits per heavy atom. The molecule has 0 aliphatic carbocycles. The summed E-state index contributed by atoms with van der Waals surface area (Å²) >= 11 is 0. The van der Waals surface area contributed by atoms with Crippen LogP contribution in [0.5, 0.6) is 0 Å². The second-order valence-corrected chi connectivity index (χ2v) is 6.99. The predicted octanol–water partition coefficient (Wildman–Crippen LogP) is 3.53. The summed E-state index contributed by atoms with van der Waals surface area (Å²) in [7, 11) is 1.56. The standard InChI is InChI=1S/C20H35NO5/c1-6-16(4)19(21-17-7-9-24-10-8-17)11-18(26-14-23-5)12-20(22)25-13-15(2)3/h11,15,17,21H,6-10,12-14H2,1-5H3/b18-11-,19-16+. The maximum atomic E-state index is 12.1. The highest BCUT2D eigenvalue weighted by molar-refractivity contribution is 5.72. The van der Waals surface area contributed by atoms with E-state index in [9.17, 15) is 4.79 Å². The fourth-order valence-corrected chi connectivity index (χ4v) is 2.43. The van der Waals surface area contributed by atoms with Gasteiger partial charge in [0.1, 0.15) is 12.2 Å². The zero-order valence-corrected chi connectivity index (χ0v) is 16.9. The van der Waals surface area contributed by atoms with E-state index in [1.807, 2.05) is 19.9 Å². The molecule has 6 nitrogen and oxygen atoms in total. The van der Waals surface area contributed by atoms with Crippen LogP contribution in [0.25, 0.3) is 0 Å². The smallest absolute Gasteiger partial charge is 0.313 e. The van der Waals surface area contributed by atoms with E-state index >= 15 is 0 Å². The van der Waals surface area contributed by atoms with E-state index in [0.29, 0.717) is 24.3 Å². The van der Waals surface area contributed by atoms with Crippen molar-refractivity contribution in [2.75, 3.05) is 33.7 Å². The molecule has 1 heterocycles. The minimum atomic E-state index is -0.291. The summed E-state index contributed by atoms with van der Waals surface area (Å²) in [5.41, 5.74) is 2.22. The Hall–Kier alpha value is -1.53. The number of hydrogen-bond donors (Lipinski definition) is 1. The number of nitrogens with one attached hydrogen (secondary N) is 1. The summed E-state index contributed by atoms with van der Waals surface area (Å²) < 4.78 is 21.3. The molecule has 26 heavy (non-hydrogen) atoms. The van der Waals surface area contributed by atoms with Gasteiger partial charge in [0, 0.05) is 32.1 Å². The van der Waals surface area contributed by atoms with Crippen molar-refractivity contribution < 1.29 is 23.7 Å². The fourth-order valence-electron chi connectivity index (χ4n) is 2.43. The molecule has 0 atom stereocenters. The fraction of sp³-hybridized carbons (Fsp3) is 0.750.